The van der Waals surface area contributed by atoms with Gasteiger partial charge in [-0.05, 0) is 31.0 Å². The van der Waals surface area contributed by atoms with E-state index in [1.54, 1.807) is 13.2 Å². The second kappa shape index (κ2) is 7.19. The summed E-state index contributed by atoms with van der Waals surface area (Å²) in [5, 5.41) is 0. The predicted molar refractivity (Wildman–Crippen MR) is 60.9 cm³/mol. The number of benzene rings is 1. The van der Waals surface area contributed by atoms with Crippen molar-refractivity contribution in [3.8, 4) is 5.75 Å². The van der Waals surface area contributed by atoms with E-state index in [0.29, 0.717) is 17.9 Å². The number of methoxy groups -OCH3 is 1. The van der Waals surface area contributed by atoms with Crippen LogP contribution in [0.4, 0.5) is 4.39 Å². The van der Waals surface area contributed by atoms with Crippen LogP contribution in [0.1, 0.15) is 18.4 Å². The first-order chi connectivity index (χ1) is 7.77. The van der Waals surface area contributed by atoms with Crippen LogP contribution in [0.5, 0.6) is 5.75 Å². The van der Waals surface area contributed by atoms with Gasteiger partial charge in [-0.25, -0.2) is 4.39 Å². The fraction of sp³-hybridized carbons (Fsp3) is 0.500. The van der Waals surface area contributed by atoms with Gasteiger partial charge in [-0.3, -0.25) is 0 Å². The van der Waals surface area contributed by atoms with Gasteiger partial charge in [0.25, 0.3) is 0 Å². The lowest BCUT2D eigenvalue weighted by Crippen LogP contribution is -2.05. The summed E-state index contributed by atoms with van der Waals surface area (Å²) >= 11 is 0. The largest absolute Gasteiger partial charge is 0.493 e. The van der Waals surface area contributed by atoms with Gasteiger partial charge in [0.2, 0.25) is 0 Å². The van der Waals surface area contributed by atoms with Crippen LogP contribution in [0.2, 0.25) is 0 Å². The summed E-state index contributed by atoms with van der Waals surface area (Å²) in [5.41, 5.74) is 6.21. The van der Waals surface area contributed by atoms with Crippen molar-refractivity contribution in [2.75, 3.05) is 20.3 Å². The number of halogens is 1. The maximum atomic E-state index is 12.9. The van der Waals surface area contributed by atoms with E-state index < -0.39 is 0 Å². The molecule has 90 valence electrons. The Labute approximate surface area is 95.4 Å². The monoisotopic (exact) mass is 227 g/mol. The number of ether oxygens (including phenoxy) is 2. The Morgan fingerprint density at radius 1 is 1.25 bits per heavy atom. The normalized spacial score (nSPS) is 10.4. The molecule has 0 aliphatic rings. The maximum Gasteiger partial charge on any atom is 0.123 e. The van der Waals surface area contributed by atoms with Crippen LogP contribution < -0.4 is 10.5 Å². The van der Waals surface area contributed by atoms with Crippen LogP contribution in [0, 0.1) is 5.82 Å². The molecule has 0 saturated carbocycles. The number of hydrogen-bond acceptors (Lipinski definition) is 3. The summed E-state index contributed by atoms with van der Waals surface area (Å²) in [4.78, 5) is 0. The van der Waals surface area contributed by atoms with Crippen LogP contribution in [-0.4, -0.2) is 20.3 Å². The van der Waals surface area contributed by atoms with Gasteiger partial charge in [0.05, 0.1) is 6.61 Å². The van der Waals surface area contributed by atoms with Crippen molar-refractivity contribution in [1.82, 2.24) is 0 Å². The molecule has 0 radical (unpaired) electrons. The lowest BCUT2D eigenvalue weighted by atomic mass is 10.2. The first-order valence-electron chi connectivity index (χ1n) is 5.38. The SMILES string of the molecule is COCCCCOc1ccc(F)cc1CN. The van der Waals surface area contributed by atoms with Crippen molar-refractivity contribution in [2.24, 2.45) is 5.73 Å². The van der Waals surface area contributed by atoms with Gasteiger partial charge in [-0.1, -0.05) is 0 Å². The molecule has 0 heterocycles. The summed E-state index contributed by atoms with van der Waals surface area (Å²) in [6.45, 7) is 1.61. The molecule has 0 saturated heterocycles. The molecule has 0 bridgehead atoms. The number of rotatable bonds is 7. The van der Waals surface area contributed by atoms with E-state index in [2.05, 4.69) is 0 Å². The Kier molecular flexibility index (Phi) is 5.82. The highest BCUT2D eigenvalue weighted by molar-refractivity contribution is 5.33. The second-order valence-electron chi connectivity index (χ2n) is 3.50. The molecule has 16 heavy (non-hydrogen) atoms. The van der Waals surface area contributed by atoms with E-state index in [0.717, 1.165) is 19.4 Å². The first kappa shape index (κ1) is 12.9. The number of unbranched alkanes of at least 4 members (excludes halogenated alkanes) is 1. The van der Waals surface area contributed by atoms with Gasteiger partial charge in [0.1, 0.15) is 11.6 Å². The molecule has 1 aromatic rings. The molecule has 0 aliphatic heterocycles. The molecule has 4 heteroatoms. The first-order valence-corrected chi connectivity index (χ1v) is 5.38. The third kappa shape index (κ3) is 4.16. The average molecular weight is 227 g/mol. The quantitative estimate of drug-likeness (QED) is 0.725. The van der Waals surface area contributed by atoms with Crippen molar-refractivity contribution in [3.05, 3.63) is 29.6 Å². The lowest BCUT2D eigenvalue weighted by molar-refractivity contribution is 0.184. The highest BCUT2D eigenvalue weighted by Gasteiger charge is 2.03. The highest BCUT2D eigenvalue weighted by atomic mass is 19.1. The lowest BCUT2D eigenvalue weighted by Gasteiger charge is -2.10. The van der Waals surface area contributed by atoms with Crippen LogP contribution in [0.3, 0.4) is 0 Å². The molecule has 2 N–H and O–H groups in total. The molecule has 0 spiro atoms. The van der Waals surface area contributed by atoms with Gasteiger partial charge < -0.3 is 15.2 Å². The van der Waals surface area contributed by atoms with Gasteiger partial charge in [-0.2, -0.15) is 0 Å². The number of nitrogens with two attached hydrogens (primary N) is 1. The Morgan fingerprint density at radius 3 is 2.69 bits per heavy atom. The summed E-state index contributed by atoms with van der Waals surface area (Å²) in [6, 6.07) is 4.40. The van der Waals surface area contributed by atoms with Crippen LogP contribution in [0.15, 0.2) is 18.2 Å². The zero-order valence-corrected chi connectivity index (χ0v) is 9.54. The predicted octanol–water partition coefficient (Wildman–Crippen LogP) is 2.09. The van der Waals surface area contributed by atoms with E-state index in [9.17, 15) is 4.39 Å². The minimum Gasteiger partial charge on any atom is -0.493 e. The molecule has 0 aromatic heterocycles. The van der Waals surface area contributed by atoms with E-state index in [1.165, 1.54) is 12.1 Å². The third-order valence-corrected chi connectivity index (χ3v) is 2.24. The Hall–Kier alpha value is -1.13. The molecule has 3 nitrogen and oxygen atoms in total. The summed E-state index contributed by atoms with van der Waals surface area (Å²) in [7, 11) is 1.67. The molecule has 0 unspecified atom stereocenters. The maximum absolute atomic E-state index is 12.9. The summed E-state index contributed by atoms with van der Waals surface area (Å²) in [6.07, 6.45) is 1.87. The molecule has 0 aliphatic carbocycles. The Balaban J connectivity index is 2.41. The van der Waals surface area contributed by atoms with Crippen molar-refractivity contribution in [2.45, 2.75) is 19.4 Å². The van der Waals surface area contributed by atoms with Gasteiger partial charge >= 0.3 is 0 Å². The number of hydrogen-bond donors (Lipinski definition) is 1. The van der Waals surface area contributed by atoms with Gasteiger partial charge in [-0.15, -0.1) is 0 Å². The smallest absolute Gasteiger partial charge is 0.123 e. The van der Waals surface area contributed by atoms with Gasteiger partial charge in [0.15, 0.2) is 0 Å². The topological polar surface area (TPSA) is 44.5 Å². The van der Waals surface area contributed by atoms with Crippen LogP contribution in [-0.2, 0) is 11.3 Å². The molecule has 1 aromatic carbocycles. The van der Waals surface area contributed by atoms with E-state index >= 15 is 0 Å². The molecule has 0 atom stereocenters. The molecule has 0 amide bonds. The van der Waals surface area contributed by atoms with Crippen molar-refractivity contribution in [1.29, 1.82) is 0 Å². The van der Waals surface area contributed by atoms with Crippen molar-refractivity contribution < 1.29 is 13.9 Å². The third-order valence-electron chi connectivity index (χ3n) is 2.24. The second-order valence-corrected chi connectivity index (χ2v) is 3.50. The van der Waals surface area contributed by atoms with Crippen LogP contribution in [0.25, 0.3) is 0 Å². The Bertz CT molecular complexity index is 318. The fourth-order valence-corrected chi connectivity index (χ4v) is 1.38. The average Bonchev–Trinajstić information content (AvgIpc) is 2.30. The standard InChI is InChI=1S/C12H18FNO2/c1-15-6-2-3-7-16-12-5-4-11(13)8-10(12)9-14/h4-5,8H,2-3,6-7,9,14H2,1H3. The van der Waals surface area contributed by atoms with E-state index in [4.69, 9.17) is 15.2 Å². The molecule has 0 fully saturated rings. The summed E-state index contributed by atoms with van der Waals surface area (Å²) in [5.74, 6) is 0.383. The van der Waals surface area contributed by atoms with E-state index in [-0.39, 0.29) is 12.4 Å². The van der Waals surface area contributed by atoms with Crippen molar-refractivity contribution in [3.63, 3.8) is 0 Å². The van der Waals surface area contributed by atoms with Crippen LogP contribution >= 0.6 is 0 Å². The van der Waals surface area contributed by atoms with E-state index in [1.807, 2.05) is 0 Å². The summed E-state index contributed by atoms with van der Waals surface area (Å²) < 4.78 is 23.4. The highest BCUT2D eigenvalue weighted by Crippen LogP contribution is 2.19. The fourth-order valence-electron chi connectivity index (χ4n) is 1.38. The zero-order chi connectivity index (χ0) is 11.8. The van der Waals surface area contributed by atoms with Crippen molar-refractivity contribution >= 4 is 0 Å². The minimum atomic E-state index is -0.285. The molecule has 1 rings (SSSR count). The Morgan fingerprint density at radius 2 is 2.00 bits per heavy atom. The van der Waals surface area contributed by atoms with Gasteiger partial charge in [0, 0.05) is 25.8 Å². The minimum absolute atomic E-state index is 0.283. The molecular weight excluding hydrogens is 209 g/mol. The molecular formula is C12H18FNO2. The zero-order valence-electron chi connectivity index (χ0n) is 9.54.